The zero-order valence-electron chi connectivity index (χ0n) is 18.5. The summed E-state index contributed by atoms with van der Waals surface area (Å²) in [6.45, 7) is 1.02. The number of carbonyl (C=O) groups excluding carboxylic acids is 2. The third-order valence-corrected chi connectivity index (χ3v) is 7.32. The molecule has 17 nitrogen and oxygen atoms in total. The molecule has 38 heavy (non-hydrogen) atoms. The molecule has 0 spiro atoms. The Morgan fingerprint density at radius 3 is 2.00 bits per heavy atom. The van der Waals surface area contributed by atoms with E-state index in [1.165, 1.54) is 0 Å². The number of hydrogen-bond donors (Lipinski definition) is 4. The maximum Gasteiger partial charge on any atom is 0.298 e. The van der Waals surface area contributed by atoms with Crippen molar-refractivity contribution < 1.29 is 53.4 Å². The van der Waals surface area contributed by atoms with Crippen LogP contribution in [0.5, 0.6) is 0 Å². The van der Waals surface area contributed by atoms with Gasteiger partial charge in [-0.3, -0.25) is 33.4 Å². The molecule has 4 N–H and O–H groups in total. The van der Waals surface area contributed by atoms with Crippen LogP contribution >= 0.6 is 0 Å². The lowest BCUT2D eigenvalue weighted by molar-refractivity contribution is -0.419. The quantitative estimate of drug-likeness (QED) is 0.153. The average molecular weight is 591 g/mol. The van der Waals surface area contributed by atoms with Crippen LogP contribution in [0.2, 0.25) is 0 Å². The van der Waals surface area contributed by atoms with Gasteiger partial charge in [0.1, 0.15) is 4.91 Å². The number of rotatable bonds is 7. The first-order valence-corrected chi connectivity index (χ1v) is 14.0. The standard InChI is InChI=1S/C18H14N4O13S3/c1-8(23)19-13-6-11(36(27,28)29)2-9-3-12(37(30,31)32)7-14(17(9)13)20-21-15-4-10(22(25)26)5-16(18(15)24)38(33,34)35/h2-7,15H,1H3,(H,19,23)(H,27,28,29)(H,30,31,32)(H,33,34,35). The van der Waals surface area contributed by atoms with E-state index in [1.807, 2.05) is 0 Å². The van der Waals surface area contributed by atoms with Gasteiger partial charge in [-0.25, -0.2) is 0 Å². The van der Waals surface area contributed by atoms with Crippen molar-refractivity contribution in [3.05, 3.63) is 57.1 Å². The minimum absolute atomic E-state index is 0.226. The van der Waals surface area contributed by atoms with E-state index >= 15 is 0 Å². The molecule has 0 bridgehead atoms. The number of nitrogens with one attached hydrogen (secondary N) is 1. The maximum atomic E-state index is 12.5. The van der Waals surface area contributed by atoms with Crippen LogP contribution in [0.25, 0.3) is 10.8 Å². The van der Waals surface area contributed by atoms with Gasteiger partial charge in [0.25, 0.3) is 36.1 Å². The molecule has 2 aromatic carbocycles. The topological polar surface area (TPSA) is 277 Å². The van der Waals surface area contributed by atoms with Crippen LogP contribution in [0.4, 0.5) is 11.4 Å². The lowest BCUT2D eigenvalue weighted by Crippen LogP contribution is -2.27. The summed E-state index contributed by atoms with van der Waals surface area (Å²) in [6, 6.07) is 0.979. The van der Waals surface area contributed by atoms with Gasteiger partial charge in [0, 0.05) is 24.5 Å². The van der Waals surface area contributed by atoms with E-state index in [-0.39, 0.29) is 16.5 Å². The van der Waals surface area contributed by atoms with Crippen LogP contribution in [0.1, 0.15) is 6.92 Å². The number of amides is 1. The minimum Gasteiger partial charge on any atom is -0.326 e. The van der Waals surface area contributed by atoms with Gasteiger partial charge in [0.2, 0.25) is 11.7 Å². The Balaban J connectivity index is 2.34. The molecule has 0 heterocycles. The van der Waals surface area contributed by atoms with Crippen molar-refractivity contribution in [3.63, 3.8) is 0 Å². The van der Waals surface area contributed by atoms with E-state index < -0.39 is 79.1 Å². The fourth-order valence-electron chi connectivity index (χ4n) is 3.27. The molecule has 1 aliphatic rings. The zero-order chi connectivity index (χ0) is 28.8. The van der Waals surface area contributed by atoms with E-state index in [2.05, 4.69) is 15.5 Å². The highest BCUT2D eigenvalue weighted by atomic mass is 32.2. The van der Waals surface area contributed by atoms with Crippen molar-refractivity contribution in [3.8, 4) is 0 Å². The number of carbonyl (C=O) groups is 2. The Morgan fingerprint density at radius 1 is 0.974 bits per heavy atom. The fraction of sp³-hybridized carbons (Fsp3) is 0.111. The van der Waals surface area contributed by atoms with E-state index in [1.54, 1.807) is 0 Å². The number of ketones is 1. The van der Waals surface area contributed by atoms with E-state index in [9.17, 15) is 58.6 Å². The molecule has 0 aromatic heterocycles. The first-order valence-electron chi connectivity index (χ1n) is 9.64. The molecule has 1 unspecified atom stereocenters. The van der Waals surface area contributed by atoms with Gasteiger partial charge in [-0.2, -0.15) is 35.5 Å². The van der Waals surface area contributed by atoms with E-state index in [4.69, 9.17) is 0 Å². The highest BCUT2D eigenvalue weighted by molar-refractivity contribution is 7.90. The third-order valence-electron chi connectivity index (χ3n) is 4.78. The molecule has 20 heteroatoms. The normalized spacial score (nSPS) is 16.8. The largest absolute Gasteiger partial charge is 0.326 e. The summed E-state index contributed by atoms with van der Waals surface area (Å²) in [7, 11) is -15.1. The van der Waals surface area contributed by atoms with Crippen LogP contribution in [0, 0.1) is 10.1 Å². The molecule has 0 radical (unpaired) electrons. The Bertz CT molecular complexity index is 1840. The summed E-state index contributed by atoms with van der Waals surface area (Å²) < 4.78 is 98.3. The number of fused-ring (bicyclic) bond motifs is 1. The number of hydrogen-bond acceptors (Lipinski definition) is 12. The first-order chi connectivity index (χ1) is 17.3. The summed E-state index contributed by atoms with van der Waals surface area (Å²) in [5, 5.41) is 20.0. The minimum atomic E-state index is -5.23. The SMILES string of the molecule is CC(=O)Nc1cc(S(=O)(=O)O)cc2cc(S(=O)(=O)O)cc(N=NC3C=C([N+](=O)[O-])C=C(S(=O)(=O)O)C3=O)c12. The molecule has 0 saturated heterocycles. The Kier molecular flexibility index (Phi) is 7.33. The van der Waals surface area contributed by atoms with Gasteiger partial charge in [0.05, 0.1) is 26.1 Å². The highest BCUT2D eigenvalue weighted by Gasteiger charge is 2.36. The van der Waals surface area contributed by atoms with Crippen LogP contribution in [0.15, 0.2) is 67.0 Å². The Morgan fingerprint density at radius 2 is 1.53 bits per heavy atom. The molecule has 1 atom stereocenters. The first kappa shape index (κ1) is 28.6. The van der Waals surface area contributed by atoms with Crippen molar-refractivity contribution in [2.45, 2.75) is 22.8 Å². The second-order valence-electron chi connectivity index (χ2n) is 7.50. The Labute approximate surface area is 213 Å². The average Bonchev–Trinajstić information content (AvgIpc) is 2.75. The predicted octanol–water partition coefficient (Wildman–Crippen LogP) is 1.26. The smallest absolute Gasteiger partial charge is 0.298 e. The number of nitro groups is 1. The van der Waals surface area contributed by atoms with Crippen molar-refractivity contribution >= 4 is 64.2 Å². The van der Waals surface area contributed by atoms with Gasteiger partial charge in [-0.05, 0) is 29.7 Å². The molecule has 3 rings (SSSR count). The summed E-state index contributed by atoms with van der Waals surface area (Å²) in [5.74, 6) is -2.20. The van der Waals surface area contributed by atoms with Crippen LogP contribution in [-0.2, 0) is 39.9 Å². The molecule has 0 aliphatic heterocycles. The van der Waals surface area contributed by atoms with E-state index in [0.29, 0.717) is 18.2 Å². The monoisotopic (exact) mass is 590 g/mol. The number of nitrogens with zero attached hydrogens (tertiary/aromatic N) is 3. The molecule has 0 fully saturated rings. The maximum absolute atomic E-state index is 12.5. The van der Waals surface area contributed by atoms with E-state index in [0.717, 1.165) is 25.1 Å². The fourth-order valence-corrected chi connectivity index (χ4v) is 4.99. The summed E-state index contributed by atoms with van der Waals surface area (Å²) in [6.07, 6.45) is 0.879. The second-order valence-corrected chi connectivity index (χ2v) is 11.7. The van der Waals surface area contributed by atoms with Gasteiger partial charge in [0.15, 0.2) is 6.04 Å². The molecule has 202 valence electrons. The highest BCUT2D eigenvalue weighted by Crippen LogP contribution is 2.38. The molecule has 1 aliphatic carbocycles. The van der Waals surface area contributed by atoms with Gasteiger partial charge in [-0.1, -0.05) is 0 Å². The Hall–Kier alpha value is -3.95. The van der Waals surface area contributed by atoms with Gasteiger partial charge >= 0.3 is 0 Å². The molecular formula is C18H14N4O13S3. The number of anilines is 1. The number of azo groups is 1. The van der Waals surface area contributed by atoms with Crippen molar-refractivity contribution in [1.29, 1.82) is 0 Å². The van der Waals surface area contributed by atoms with Gasteiger partial charge in [-0.15, -0.1) is 0 Å². The number of Topliss-reactive ketones (excluding diaryl/α,β-unsaturated/α-hetero) is 1. The number of benzene rings is 2. The van der Waals surface area contributed by atoms with Crippen LogP contribution in [-0.4, -0.2) is 61.6 Å². The van der Waals surface area contributed by atoms with Gasteiger partial charge < -0.3 is 5.32 Å². The van der Waals surface area contributed by atoms with Crippen molar-refractivity contribution in [1.82, 2.24) is 0 Å². The van der Waals surface area contributed by atoms with Crippen LogP contribution < -0.4 is 5.32 Å². The van der Waals surface area contributed by atoms with Crippen molar-refractivity contribution in [2.75, 3.05) is 5.32 Å². The summed E-state index contributed by atoms with van der Waals surface area (Å²) in [5.41, 5.74) is -1.85. The lowest BCUT2D eigenvalue weighted by atomic mass is 10.1. The lowest BCUT2D eigenvalue weighted by Gasteiger charge is -2.14. The van der Waals surface area contributed by atoms with Crippen molar-refractivity contribution in [2.24, 2.45) is 10.2 Å². The zero-order valence-corrected chi connectivity index (χ0v) is 21.0. The molecule has 1 amide bonds. The van der Waals surface area contributed by atoms with Crippen LogP contribution in [0.3, 0.4) is 0 Å². The molecular weight excluding hydrogens is 576 g/mol. The third kappa shape index (κ3) is 6.12. The summed E-state index contributed by atoms with van der Waals surface area (Å²) in [4.78, 5) is 31.3. The molecule has 2 aromatic rings. The molecule has 0 saturated carbocycles. The predicted molar refractivity (Wildman–Crippen MR) is 126 cm³/mol. The summed E-state index contributed by atoms with van der Waals surface area (Å²) >= 11 is 0. The number of allylic oxidation sites excluding steroid dienone is 1. The second kappa shape index (κ2) is 9.74.